The third-order valence-corrected chi connectivity index (χ3v) is 3.17. The Labute approximate surface area is 106 Å². The molecule has 1 heterocycles. The highest BCUT2D eigenvalue weighted by molar-refractivity contribution is 6.10. The lowest BCUT2D eigenvalue weighted by Crippen LogP contribution is -2.46. The standard InChI is InChI=1S/C13H17N3O2/c1-8-4-6-9(7-5-8)16-12(18)10(11(14)17)13(2,3)15-16/h4-7,10,15H,1-3H3,(H2,14,17). The number of carbonyl (C=O) groups excluding carboxylic acids is 2. The first-order valence-corrected chi connectivity index (χ1v) is 5.81. The molecular weight excluding hydrogens is 230 g/mol. The summed E-state index contributed by atoms with van der Waals surface area (Å²) in [6, 6.07) is 7.49. The maximum absolute atomic E-state index is 12.2. The second kappa shape index (κ2) is 4.10. The Morgan fingerprint density at radius 1 is 1.33 bits per heavy atom. The summed E-state index contributed by atoms with van der Waals surface area (Å²) in [5.74, 6) is -1.76. The molecule has 1 aromatic carbocycles. The third kappa shape index (κ3) is 1.97. The van der Waals surface area contributed by atoms with Crippen molar-refractivity contribution in [2.24, 2.45) is 11.7 Å². The molecule has 0 radical (unpaired) electrons. The number of aryl methyl sites for hydroxylation is 1. The molecule has 1 unspecified atom stereocenters. The molecule has 5 heteroatoms. The molecule has 5 nitrogen and oxygen atoms in total. The average molecular weight is 247 g/mol. The predicted molar refractivity (Wildman–Crippen MR) is 68.6 cm³/mol. The van der Waals surface area contributed by atoms with E-state index in [1.54, 1.807) is 13.8 Å². The van der Waals surface area contributed by atoms with Crippen molar-refractivity contribution < 1.29 is 9.59 Å². The van der Waals surface area contributed by atoms with Crippen LogP contribution in [-0.2, 0) is 9.59 Å². The number of benzene rings is 1. The number of hydrogen-bond acceptors (Lipinski definition) is 3. The van der Waals surface area contributed by atoms with Gasteiger partial charge in [-0.3, -0.25) is 9.59 Å². The molecule has 1 atom stereocenters. The summed E-state index contributed by atoms with van der Waals surface area (Å²) in [5, 5.41) is 1.40. The maximum Gasteiger partial charge on any atom is 0.255 e. The molecule has 18 heavy (non-hydrogen) atoms. The topological polar surface area (TPSA) is 75.4 Å². The average Bonchev–Trinajstić information content (AvgIpc) is 2.50. The van der Waals surface area contributed by atoms with Gasteiger partial charge in [-0.1, -0.05) is 17.7 Å². The Morgan fingerprint density at radius 2 is 1.89 bits per heavy atom. The van der Waals surface area contributed by atoms with Gasteiger partial charge in [0.15, 0.2) is 0 Å². The van der Waals surface area contributed by atoms with Gasteiger partial charge in [0.25, 0.3) is 5.91 Å². The van der Waals surface area contributed by atoms with Crippen molar-refractivity contribution in [3.63, 3.8) is 0 Å². The van der Waals surface area contributed by atoms with Crippen molar-refractivity contribution in [2.45, 2.75) is 26.3 Å². The number of nitrogens with one attached hydrogen (secondary N) is 1. The Balaban J connectivity index is 2.35. The lowest BCUT2D eigenvalue weighted by atomic mass is 9.89. The highest BCUT2D eigenvalue weighted by Gasteiger charge is 2.49. The van der Waals surface area contributed by atoms with E-state index >= 15 is 0 Å². The maximum atomic E-state index is 12.2. The minimum absolute atomic E-state index is 0.309. The zero-order valence-corrected chi connectivity index (χ0v) is 10.7. The fraction of sp³-hybridized carbons (Fsp3) is 0.385. The molecule has 1 aliphatic rings. The van der Waals surface area contributed by atoms with Crippen LogP contribution in [0.1, 0.15) is 19.4 Å². The van der Waals surface area contributed by atoms with E-state index in [1.165, 1.54) is 5.01 Å². The van der Waals surface area contributed by atoms with E-state index in [2.05, 4.69) is 5.43 Å². The van der Waals surface area contributed by atoms with Crippen LogP contribution in [0.5, 0.6) is 0 Å². The molecule has 0 spiro atoms. The van der Waals surface area contributed by atoms with Crippen LogP contribution in [0.15, 0.2) is 24.3 Å². The van der Waals surface area contributed by atoms with Gasteiger partial charge >= 0.3 is 0 Å². The smallest absolute Gasteiger partial charge is 0.255 e. The SMILES string of the molecule is Cc1ccc(N2NC(C)(C)C(C(N)=O)C2=O)cc1. The van der Waals surface area contributed by atoms with E-state index in [0.717, 1.165) is 5.56 Å². The van der Waals surface area contributed by atoms with Crippen LogP contribution >= 0.6 is 0 Å². The fourth-order valence-electron chi connectivity index (χ4n) is 2.21. The Kier molecular flexibility index (Phi) is 2.86. The lowest BCUT2D eigenvalue weighted by molar-refractivity contribution is -0.131. The van der Waals surface area contributed by atoms with Gasteiger partial charge in [-0.05, 0) is 32.9 Å². The molecule has 0 aliphatic carbocycles. The normalized spacial score (nSPS) is 22.3. The number of hydrogen-bond donors (Lipinski definition) is 2. The minimum atomic E-state index is -0.848. The summed E-state index contributed by atoms with van der Waals surface area (Å²) in [4.78, 5) is 23.6. The van der Waals surface area contributed by atoms with E-state index < -0.39 is 17.4 Å². The largest absolute Gasteiger partial charge is 0.369 e. The van der Waals surface area contributed by atoms with E-state index in [4.69, 9.17) is 5.73 Å². The summed E-state index contributed by atoms with van der Waals surface area (Å²) < 4.78 is 0. The third-order valence-electron chi connectivity index (χ3n) is 3.17. The summed E-state index contributed by atoms with van der Waals surface area (Å²) in [7, 11) is 0. The van der Waals surface area contributed by atoms with Crippen LogP contribution in [0.4, 0.5) is 5.69 Å². The second-order valence-corrected chi connectivity index (χ2v) is 5.18. The van der Waals surface area contributed by atoms with Crippen molar-refractivity contribution >= 4 is 17.5 Å². The van der Waals surface area contributed by atoms with Gasteiger partial charge in [0.1, 0.15) is 5.92 Å². The van der Waals surface area contributed by atoms with Crippen LogP contribution in [0.2, 0.25) is 0 Å². The first kappa shape index (κ1) is 12.6. The molecule has 0 aromatic heterocycles. The molecule has 2 rings (SSSR count). The predicted octanol–water partition coefficient (Wildman–Crippen LogP) is 0.726. The molecule has 0 bridgehead atoms. The second-order valence-electron chi connectivity index (χ2n) is 5.18. The number of anilines is 1. The number of hydrazine groups is 1. The van der Waals surface area contributed by atoms with Crippen LogP contribution < -0.4 is 16.2 Å². The molecule has 1 fully saturated rings. The molecule has 3 N–H and O–H groups in total. The van der Waals surface area contributed by atoms with Gasteiger partial charge in [-0.25, -0.2) is 10.4 Å². The number of nitrogens with zero attached hydrogens (tertiary/aromatic N) is 1. The number of primary amides is 1. The van der Waals surface area contributed by atoms with Gasteiger partial charge in [-0.2, -0.15) is 0 Å². The minimum Gasteiger partial charge on any atom is -0.369 e. The van der Waals surface area contributed by atoms with Crippen LogP contribution in [-0.4, -0.2) is 17.4 Å². The molecule has 2 amide bonds. The first-order chi connectivity index (χ1) is 8.33. The van der Waals surface area contributed by atoms with Gasteiger partial charge in [0.05, 0.1) is 11.2 Å². The van der Waals surface area contributed by atoms with Crippen LogP contribution in [0.3, 0.4) is 0 Å². The van der Waals surface area contributed by atoms with Crippen molar-refractivity contribution in [1.29, 1.82) is 0 Å². The zero-order valence-electron chi connectivity index (χ0n) is 10.7. The molecule has 1 aliphatic heterocycles. The molecule has 1 aromatic rings. The number of nitrogens with two attached hydrogens (primary N) is 1. The summed E-state index contributed by atoms with van der Waals surface area (Å²) in [6.45, 7) is 5.54. The molecular formula is C13H17N3O2. The highest BCUT2D eigenvalue weighted by Crippen LogP contribution is 2.29. The number of carbonyl (C=O) groups is 2. The van der Waals surface area contributed by atoms with Crippen molar-refractivity contribution in [3.05, 3.63) is 29.8 Å². The quantitative estimate of drug-likeness (QED) is 0.756. The Morgan fingerprint density at radius 3 is 2.33 bits per heavy atom. The number of amides is 2. The van der Waals surface area contributed by atoms with Crippen molar-refractivity contribution in [1.82, 2.24) is 5.43 Å². The van der Waals surface area contributed by atoms with E-state index in [0.29, 0.717) is 5.69 Å². The van der Waals surface area contributed by atoms with Crippen molar-refractivity contribution in [2.75, 3.05) is 5.01 Å². The molecule has 1 saturated heterocycles. The van der Waals surface area contributed by atoms with Crippen LogP contribution in [0, 0.1) is 12.8 Å². The van der Waals surface area contributed by atoms with E-state index in [-0.39, 0.29) is 5.91 Å². The van der Waals surface area contributed by atoms with Gasteiger partial charge < -0.3 is 5.73 Å². The lowest BCUT2D eigenvalue weighted by Gasteiger charge is -2.23. The van der Waals surface area contributed by atoms with Crippen LogP contribution in [0.25, 0.3) is 0 Å². The Hall–Kier alpha value is -1.88. The number of rotatable bonds is 2. The van der Waals surface area contributed by atoms with E-state index in [9.17, 15) is 9.59 Å². The summed E-state index contributed by atoms with van der Waals surface area (Å²) in [5.41, 5.74) is 9.48. The van der Waals surface area contributed by atoms with Gasteiger partial charge in [0, 0.05) is 0 Å². The molecule has 0 saturated carbocycles. The highest BCUT2D eigenvalue weighted by atomic mass is 16.2. The molecule has 96 valence electrons. The fourth-order valence-corrected chi connectivity index (χ4v) is 2.21. The van der Waals surface area contributed by atoms with Gasteiger partial charge in [-0.15, -0.1) is 0 Å². The Bertz CT molecular complexity index is 493. The van der Waals surface area contributed by atoms with E-state index in [1.807, 2.05) is 31.2 Å². The van der Waals surface area contributed by atoms with Gasteiger partial charge in [0.2, 0.25) is 5.91 Å². The van der Waals surface area contributed by atoms with Crippen molar-refractivity contribution in [3.8, 4) is 0 Å². The monoisotopic (exact) mass is 247 g/mol. The summed E-state index contributed by atoms with van der Waals surface area (Å²) in [6.07, 6.45) is 0. The first-order valence-electron chi connectivity index (χ1n) is 5.81. The zero-order chi connectivity index (χ0) is 13.5. The summed E-state index contributed by atoms with van der Waals surface area (Å²) >= 11 is 0.